The molecular weight excluding hydrogens is 661 g/mol. The van der Waals surface area contributed by atoms with E-state index < -0.39 is 20.2 Å². The van der Waals surface area contributed by atoms with Gasteiger partial charge < -0.3 is 19.4 Å². The van der Waals surface area contributed by atoms with E-state index in [1.165, 1.54) is 32.1 Å². The Labute approximate surface area is 296 Å². The molecule has 274 valence electrons. The highest BCUT2D eigenvalue weighted by Gasteiger charge is 2.35. The van der Waals surface area contributed by atoms with Gasteiger partial charge in [-0.3, -0.25) is 0 Å². The molecule has 3 aliphatic rings. The lowest BCUT2D eigenvalue weighted by molar-refractivity contribution is 0.179. The Morgan fingerprint density at radius 2 is 1.33 bits per heavy atom. The molecular formula is C36H58N6O5S2. The first-order chi connectivity index (χ1) is 23.5. The van der Waals surface area contributed by atoms with Crippen molar-refractivity contribution in [3.63, 3.8) is 0 Å². The van der Waals surface area contributed by atoms with Crippen LogP contribution in [0.25, 0.3) is 0 Å². The van der Waals surface area contributed by atoms with Crippen molar-refractivity contribution in [2.45, 2.75) is 56.8 Å². The minimum atomic E-state index is -3.78. The molecule has 49 heavy (non-hydrogen) atoms. The Hall–Kier alpha value is -2.42. The number of para-hydroxylation sites is 2. The minimum absolute atomic E-state index is 0.196. The highest BCUT2D eigenvalue weighted by molar-refractivity contribution is 7.89. The van der Waals surface area contributed by atoms with Crippen LogP contribution in [-0.4, -0.2) is 128 Å². The van der Waals surface area contributed by atoms with Gasteiger partial charge in [0.15, 0.2) is 0 Å². The summed E-state index contributed by atoms with van der Waals surface area (Å²) in [7, 11) is -2.04. The number of anilines is 2. The second kappa shape index (κ2) is 17.2. The molecule has 0 bridgehead atoms. The Morgan fingerprint density at radius 1 is 0.714 bits per heavy atom. The Kier molecular flexibility index (Phi) is 13.3. The lowest BCUT2D eigenvalue weighted by Crippen LogP contribution is -2.54. The van der Waals surface area contributed by atoms with Gasteiger partial charge in [-0.15, -0.1) is 0 Å². The van der Waals surface area contributed by atoms with E-state index in [2.05, 4.69) is 9.80 Å². The molecule has 0 N–H and O–H groups in total. The molecule has 2 heterocycles. The summed E-state index contributed by atoms with van der Waals surface area (Å²) in [6, 6.07) is 14.9. The summed E-state index contributed by atoms with van der Waals surface area (Å²) in [4.78, 5) is 6.87. The van der Waals surface area contributed by atoms with E-state index in [1.54, 1.807) is 32.2 Å². The number of ether oxygens (including phenoxy) is 1. The average molecular weight is 719 g/mol. The van der Waals surface area contributed by atoms with Crippen molar-refractivity contribution in [1.82, 2.24) is 17.8 Å². The molecule has 1 aliphatic carbocycles. The van der Waals surface area contributed by atoms with E-state index in [0.29, 0.717) is 45.2 Å². The molecule has 13 heteroatoms. The maximum absolute atomic E-state index is 14.3. The topological polar surface area (TPSA) is 97.0 Å². The molecule has 2 aromatic rings. The van der Waals surface area contributed by atoms with Crippen LogP contribution in [0.15, 0.2) is 53.4 Å². The number of hydrogen-bond donors (Lipinski definition) is 0. The van der Waals surface area contributed by atoms with Crippen LogP contribution in [0.3, 0.4) is 0 Å². The van der Waals surface area contributed by atoms with E-state index in [0.717, 1.165) is 49.6 Å². The van der Waals surface area contributed by atoms with Gasteiger partial charge in [0, 0.05) is 78.7 Å². The zero-order chi connectivity index (χ0) is 35.0. The van der Waals surface area contributed by atoms with Crippen molar-refractivity contribution >= 4 is 31.6 Å². The summed E-state index contributed by atoms with van der Waals surface area (Å²) in [6.45, 7) is 7.80. The Morgan fingerprint density at radius 3 is 1.96 bits per heavy atom. The zero-order valence-corrected chi connectivity index (χ0v) is 31.7. The van der Waals surface area contributed by atoms with Crippen molar-refractivity contribution in [3.05, 3.63) is 48.5 Å². The first kappa shape index (κ1) is 37.8. The predicted octanol–water partition coefficient (Wildman–Crippen LogP) is 4.43. The second-order valence-corrected chi connectivity index (χ2v) is 18.2. The smallest absolute Gasteiger partial charge is 0.282 e. The monoisotopic (exact) mass is 718 g/mol. The van der Waals surface area contributed by atoms with E-state index in [-0.39, 0.29) is 23.9 Å². The number of hydrogen-bond acceptors (Lipinski definition) is 8. The zero-order valence-electron chi connectivity index (χ0n) is 30.0. The fourth-order valence-electron chi connectivity index (χ4n) is 7.61. The summed E-state index contributed by atoms with van der Waals surface area (Å²) in [6.07, 6.45) is 7.80. The van der Waals surface area contributed by atoms with Crippen molar-refractivity contribution in [3.8, 4) is 5.75 Å². The number of nitrogens with zero attached hydrogens (tertiary/aromatic N) is 6. The average Bonchev–Trinajstić information content (AvgIpc) is 3.10. The van der Waals surface area contributed by atoms with Crippen LogP contribution in [0.2, 0.25) is 0 Å². The molecule has 0 aromatic heterocycles. The highest BCUT2D eigenvalue weighted by Crippen LogP contribution is 2.30. The number of sulfonamides is 1. The van der Waals surface area contributed by atoms with Gasteiger partial charge in [0.05, 0.1) is 17.7 Å². The molecule has 1 atom stereocenters. The fraction of sp³-hybridized carbons (Fsp3) is 0.667. The minimum Gasteiger partial charge on any atom is -0.495 e. The van der Waals surface area contributed by atoms with Gasteiger partial charge in [-0.05, 0) is 87.0 Å². The van der Waals surface area contributed by atoms with Gasteiger partial charge in [0.25, 0.3) is 10.2 Å². The molecule has 2 aliphatic heterocycles. The number of methoxy groups -OCH3 is 1. The summed E-state index contributed by atoms with van der Waals surface area (Å²) in [5.41, 5.74) is 1.90. The SMILES string of the molecule is COc1ccccc1N1CCN(S(=O)(=O)N2CCCN(CC3CCCCC3)CCCN(S(=O)(=O)c3ccc(N(C)C)cc3)C[C@H](C)C2)CC1. The van der Waals surface area contributed by atoms with Crippen LogP contribution in [0.1, 0.15) is 51.9 Å². The number of rotatable bonds is 9. The quantitative estimate of drug-likeness (QED) is 0.376. The van der Waals surface area contributed by atoms with Gasteiger partial charge in [0.2, 0.25) is 10.0 Å². The lowest BCUT2D eigenvalue weighted by atomic mass is 9.89. The molecule has 3 fully saturated rings. The largest absolute Gasteiger partial charge is 0.495 e. The van der Waals surface area contributed by atoms with Gasteiger partial charge in [-0.2, -0.15) is 21.3 Å². The Balaban J connectivity index is 1.34. The molecule has 2 saturated heterocycles. The molecule has 0 unspecified atom stereocenters. The predicted molar refractivity (Wildman–Crippen MR) is 198 cm³/mol. The fourth-order valence-corrected chi connectivity index (χ4v) is 11.0. The maximum Gasteiger partial charge on any atom is 0.282 e. The Bertz CT molecular complexity index is 1540. The van der Waals surface area contributed by atoms with Crippen LogP contribution in [0, 0.1) is 11.8 Å². The van der Waals surface area contributed by atoms with Crippen molar-refractivity contribution in [2.75, 3.05) is 103 Å². The molecule has 0 radical (unpaired) electrons. The van der Waals surface area contributed by atoms with Crippen molar-refractivity contribution in [2.24, 2.45) is 11.8 Å². The molecule has 5 rings (SSSR count). The third kappa shape index (κ3) is 9.68. The van der Waals surface area contributed by atoms with E-state index in [9.17, 15) is 16.8 Å². The van der Waals surface area contributed by atoms with Gasteiger partial charge in [-0.1, -0.05) is 38.3 Å². The van der Waals surface area contributed by atoms with Crippen LogP contribution >= 0.6 is 0 Å². The third-order valence-corrected chi connectivity index (χ3v) is 14.2. The summed E-state index contributed by atoms with van der Waals surface area (Å²) in [5.74, 6) is 1.23. The van der Waals surface area contributed by atoms with Crippen molar-refractivity contribution in [1.29, 1.82) is 0 Å². The van der Waals surface area contributed by atoms with E-state index in [4.69, 9.17) is 4.74 Å². The van der Waals surface area contributed by atoms with Crippen LogP contribution in [0.4, 0.5) is 11.4 Å². The molecule has 2 aromatic carbocycles. The lowest BCUT2D eigenvalue weighted by Gasteiger charge is -2.39. The summed E-state index contributed by atoms with van der Waals surface area (Å²) < 4.78 is 67.2. The number of piperazine rings is 1. The van der Waals surface area contributed by atoms with Crippen LogP contribution in [0.5, 0.6) is 5.75 Å². The van der Waals surface area contributed by atoms with Gasteiger partial charge in [-0.25, -0.2) is 8.42 Å². The van der Waals surface area contributed by atoms with Crippen molar-refractivity contribution < 1.29 is 21.6 Å². The highest BCUT2D eigenvalue weighted by atomic mass is 32.2. The molecule has 1 saturated carbocycles. The summed E-state index contributed by atoms with van der Waals surface area (Å²) >= 11 is 0. The molecule has 0 spiro atoms. The van der Waals surface area contributed by atoms with Crippen LogP contribution in [-0.2, 0) is 20.2 Å². The standard InChI is InChI=1S/C36H58N6O5S2/c1-31-28-41(48(43,44)34-18-16-33(17-19-34)37(2)3)22-10-20-38(30-32-12-6-5-7-13-32)21-11-23-42(29-31)49(45,46)40-26-24-39(25-27-40)35-14-8-9-15-36(35)47-4/h8-9,14-19,31-32H,5-7,10-13,20-30H2,1-4H3/t31-/m0/s1. The normalized spacial score (nSPS) is 22.7. The molecule has 0 amide bonds. The number of benzene rings is 2. The first-order valence-electron chi connectivity index (χ1n) is 18.1. The van der Waals surface area contributed by atoms with E-state index >= 15 is 0 Å². The maximum atomic E-state index is 14.3. The van der Waals surface area contributed by atoms with E-state index in [1.807, 2.05) is 62.3 Å². The molecule has 11 nitrogen and oxygen atoms in total. The van der Waals surface area contributed by atoms with Gasteiger partial charge in [0.1, 0.15) is 5.75 Å². The second-order valence-electron chi connectivity index (χ2n) is 14.3. The van der Waals surface area contributed by atoms with Gasteiger partial charge >= 0.3 is 0 Å². The summed E-state index contributed by atoms with van der Waals surface area (Å²) in [5, 5.41) is 0. The van der Waals surface area contributed by atoms with Crippen LogP contribution < -0.4 is 14.5 Å². The first-order valence-corrected chi connectivity index (χ1v) is 21.0. The third-order valence-electron chi connectivity index (χ3n) is 10.3.